The van der Waals surface area contributed by atoms with Crippen LogP contribution in [0.3, 0.4) is 0 Å². The van der Waals surface area contributed by atoms with Crippen molar-refractivity contribution in [3.63, 3.8) is 0 Å². The Hall–Kier alpha value is -2.21. The normalized spacial score (nSPS) is 15.3. The van der Waals surface area contributed by atoms with Crippen molar-refractivity contribution in [2.24, 2.45) is 0 Å². The third-order valence-electron chi connectivity index (χ3n) is 4.60. The van der Waals surface area contributed by atoms with Gasteiger partial charge in [0.1, 0.15) is 0 Å². The highest BCUT2D eigenvalue weighted by Gasteiger charge is 2.29. The van der Waals surface area contributed by atoms with Crippen LogP contribution in [0.2, 0.25) is 0 Å². The Balaban J connectivity index is 1.69. The summed E-state index contributed by atoms with van der Waals surface area (Å²) in [5, 5.41) is 7.76. The highest BCUT2D eigenvalue weighted by molar-refractivity contribution is 9.10. The van der Waals surface area contributed by atoms with Gasteiger partial charge in [0.05, 0.1) is 22.7 Å². The van der Waals surface area contributed by atoms with E-state index in [1.807, 2.05) is 44.2 Å². The van der Waals surface area contributed by atoms with Crippen molar-refractivity contribution < 1.29 is 9.32 Å². The fourth-order valence-corrected chi connectivity index (χ4v) is 3.69. The summed E-state index contributed by atoms with van der Waals surface area (Å²) in [5.74, 6) is 0.297. The van der Waals surface area contributed by atoms with Gasteiger partial charge in [0.25, 0.3) is 11.6 Å². The number of aromatic nitrogens is 2. The van der Waals surface area contributed by atoms with Crippen molar-refractivity contribution in [1.82, 2.24) is 15.5 Å². The lowest BCUT2D eigenvalue weighted by atomic mass is 10.1. The summed E-state index contributed by atoms with van der Waals surface area (Å²) in [4.78, 5) is 17.5. The zero-order valence-corrected chi connectivity index (χ0v) is 15.6. The van der Waals surface area contributed by atoms with E-state index in [1.54, 1.807) is 0 Å². The van der Waals surface area contributed by atoms with E-state index < -0.39 is 0 Å². The molecule has 6 heteroatoms. The zero-order chi connectivity index (χ0) is 17.6. The molecular weight excluding hydrogens is 382 g/mol. The molecular formula is C19H18BrN3O2. The smallest absolute Gasteiger partial charge is 0.259 e. The van der Waals surface area contributed by atoms with Crippen molar-refractivity contribution in [2.75, 3.05) is 0 Å². The molecule has 1 aliphatic rings. The second-order valence-electron chi connectivity index (χ2n) is 6.53. The molecule has 1 unspecified atom stereocenters. The van der Waals surface area contributed by atoms with Crippen molar-refractivity contribution in [2.45, 2.75) is 38.6 Å². The molecule has 1 aliphatic carbocycles. The number of aryl methyl sites for hydroxylation is 1. The molecule has 1 atom stereocenters. The minimum atomic E-state index is -0.135. The quantitative estimate of drug-likeness (QED) is 0.692. The topological polar surface area (TPSA) is 68.0 Å². The molecule has 5 nitrogen and oxygen atoms in total. The number of carbonyl (C=O) groups excluding carboxylic acids is 1. The largest absolute Gasteiger partial charge is 0.345 e. The molecule has 2 heterocycles. The van der Waals surface area contributed by atoms with E-state index in [1.165, 1.54) is 0 Å². The summed E-state index contributed by atoms with van der Waals surface area (Å²) in [5.41, 5.74) is 3.67. The molecule has 0 bridgehead atoms. The van der Waals surface area contributed by atoms with Crippen molar-refractivity contribution >= 4 is 32.9 Å². The van der Waals surface area contributed by atoms with Crippen molar-refractivity contribution in [3.8, 4) is 0 Å². The van der Waals surface area contributed by atoms with Gasteiger partial charge >= 0.3 is 0 Å². The first-order valence-corrected chi connectivity index (χ1v) is 9.16. The van der Waals surface area contributed by atoms with Crippen LogP contribution >= 0.6 is 15.9 Å². The molecule has 0 aliphatic heterocycles. The fraction of sp³-hybridized carbons (Fsp3) is 0.316. The maximum Gasteiger partial charge on any atom is 0.259 e. The second kappa shape index (κ2) is 6.26. The molecule has 128 valence electrons. The van der Waals surface area contributed by atoms with Gasteiger partial charge in [0.15, 0.2) is 0 Å². The Morgan fingerprint density at radius 3 is 2.84 bits per heavy atom. The number of nitrogens with one attached hydrogen (secondary N) is 1. The van der Waals surface area contributed by atoms with Gasteiger partial charge in [-0.05, 0) is 44.4 Å². The van der Waals surface area contributed by atoms with Crippen molar-refractivity contribution in [3.05, 3.63) is 57.3 Å². The van der Waals surface area contributed by atoms with E-state index in [9.17, 15) is 4.79 Å². The third kappa shape index (κ3) is 3.06. The molecule has 1 aromatic carbocycles. The molecule has 0 spiro atoms. The van der Waals surface area contributed by atoms with Crippen LogP contribution in [0.25, 0.3) is 11.1 Å². The Kier molecular flexibility index (Phi) is 4.07. The summed E-state index contributed by atoms with van der Waals surface area (Å²) in [7, 11) is 0. The molecule has 0 radical (unpaired) electrons. The zero-order valence-electron chi connectivity index (χ0n) is 14.0. The molecule has 4 rings (SSSR count). The maximum absolute atomic E-state index is 13.0. The molecule has 1 fully saturated rings. The number of pyridine rings is 1. The summed E-state index contributed by atoms with van der Waals surface area (Å²) < 4.78 is 6.29. The summed E-state index contributed by atoms with van der Waals surface area (Å²) in [6, 6.07) is 9.65. The van der Waals surface area contributed by atoms with E-state index >= 15 is 0 Å². The summed E-state index contributed by atoms with van der Waals surface area (Å²) in [6.45, 7) is 3.80. The molecule has 1 N–H and O–H groups in total. The van der Waals surface area contributed by atoms with Crippen LogP contribution in [0, 0.1) is 6.92 Å². The molecule has 0 saturated heterocycles. The van der Waals surface area contributed by atoms with Gasteiger partial charge in [-0.2, -0.15) is 0 Å². The van der Waals surface area contributed by atoms with Crippen LogP contribution < -0.4 is 5.32 Å². The Labute approximate surface area is 153 Å². The maximum atomic E-state index is 13.0. The third-order valence-corrected chi connectivity index (χ3v) is 5.32. The Bertz CT molecular complexity index is 962. The number of nitrogens with zero attached hydrogens (tertiary/aromatic N) is 2. The first-order valence-electron chi connectivity index (χ1n) is 8.37. The minimum absolute atomic E-state index is 0.129. The lowest BCUT2D eigenvalue weighted by Crippen LogP contribution is -2.27. The molecule has 25 heavy (non-hydrogen) atoms. The predicted molar refractivity (Wildman–Crippen MR) is 98.5 cm³/mol. The van der Waals surface area contributed by atoms with Crippen LogP contribution in [0.4, 0.5) is 0 Å². The first-order chi connectivity index (χ1) is 12.0. The van der Waals surface area contributed by atoms with Gasteiger partial charge in [-0.1, -0.05) is 39.3 Å². The molecule has 2 aromatic heterocycles. The molecule has 1 saturated carbocycles. The predicted octanol–water partition coefficient (Wildman–Crippen LogP) is 4.66. The van der Waals surface area contributed by atoms with E-state index in [-0.39, 0.29) is 11.9 Å². The van der Waals surface area contributed by atoms with Gasteiger partial charge in [-0.3, -0.25) is 4.79 Å². The SMILES string of the molecule is Cc1noc2nc(C3CC3)cc(C(=O)NC(C)c3ccccc3Br)c12. The van der Waals surface area contributed by atoms with E-state index in [0.717, 1.165) is 28.6 Å². The monoisotopic (exact) mass is 399 g/mol. The van der Waals surface area contributed by atoms with Gasteiger partial charge in [0.2, 0.25) is 0 Å². The number of halogens is 1. The number of amides is 1. The number of rotatable bonds is 4. The Morgan fingerprint density at radius 1 is 1.36 bits per heavy atom. The van der Waals surface area contributed by atoms with Gasteiger partial charge in [0, 0.05) is 16.1 Å². The number of hydrogen-bond acceptors (Lipinski definition) is 4. The number of hydrogen-bond donors (Lipinski definition) is 1. The highest BCUT2D eigenvalue weighted by Crippen LogP contribution is 2.40. The number of fused-ring (bicyclic) bond motifs is 1. The van der Waals surface area contributed by atoms with Crippen LogP contribution in [0.5, 0.6) is 0 Å². The number of benzene rings is 1. The lowest BCUT2D eigenvalue weighted by molar-refractivity contribution is 0.0941. The first kappa shape index (κ1) is 16.3. The molecule has 1 amide bonds. The Morgan fingerprint density at radius 2 is 2.12 bits per heavy atom. The minimum Gasteiger partial charge on any atom is -0.345 e. The van der Waals surface area contributed by atoms with Crippen LogP contribution in [-0.4, -0.2) is 16.0 Å². The van der Waals surface area contributed by atoms with E-state index in [2.05, 4.69) is 31.4 Å². The van der Waals surface area contributed by atoms with Crippen LogP contribution in [0.1, 0.15) is 59.0 Å². The van der Waals surface area contributed by atoms with E-state index in [0.29, 0.717) is 28.3 Å². The van der Waals surface area contributed by atoms with Crippen LogP contribution in [-0.2, 0) is 0 Å². The summed E-state index contributed by atoms with van der Waals surface area (Å²) >= 11 is 3.54. The number of carbonyl (C=O) groups is 1. The average molecular weight is 400 g/mol. The average Bonchev–Trinajstić information content (AvgIpc) is 3.38. The van der Waals surface area contributed by atoms with Gasteiger partial charge in [-0.15, -0.1) is 0 Å². The van der Waals surface area contributed by atoms with Crippen molar-refractivity contribution in [1.29, 1.82) is 0 Å². The van der Waals surface area contributed by atoms with Crippen LogP contribution in [0.15, 0.2) is 39.3 Å². The van der Waals surface area contributed by atoms with Gasteiger partial charge < -0.3 is 9.84 Å². The highest BCUT2D eigenvalue weighted by atomic mass is 79.9. The lowest BCUT2D eigenvalue weighted by Gasteiger charge is -2.16. The van der Waals surface area contributed by atoms with Gasteiger partial charge in [-0.25, -0.2) is 4.98 Å². The second-order valence-corrected chi connectivity index (χ2v) is 7.39. The molecule has 3 aromatic rings. The standard InChI is InChI=1S/C19H18BrN3O2/c1-10(13-5-3-4-6-15(13)20)21-18(24)14-9-16(12-7-8-12)22-19-17(14)11(2)23-25-19/h3-6,9-10,12H,7-8H2,1-2H3,(H,21,24). The van der Waals surface area contributed by atoms with E-state index in [4.69, 9.17) is 4.52 Å². The summed E-state index contributed by atoms with van der Waals surface area (Å²) in [6.07, 6.45) is 2.22. The fourth-order valence-electron chi connectivity index (χ4n) is 3.06.